The Hall–Kier alpha value is -0.970. The van der Waals surface area contributed by atoms with E-state index in [2.05, 4.69) is 12.6 Å². The van der Waals surface area contributed by atoms with Crippen LogP contribution in [0.15, 0.2) is 20.7 Å². The Morgan fingerprint density at radius 2 is 2.08 bits per heavy atom. The van der Waals surface area contributed by atoms with Crippen molar-refractivity contribution in [1.82, 2.24) is 9.13 Å². The fourth-order valence-corrected chi connectivity index (χ4v) is 1.39. The summed E-state index contributed by atoms with van der Waals surface area (Å²) >= 11 is 4.07. The number of rotatable bonds is 2. The number of hydrogen-bond acceptors (Lipinski definition) is 3. The first-order chi connectivity index (χ1) is 6.07. The van der Waals surface area contributed by atoms with Gasteiger partial charge in [-0.15, -0.1) is 12.6 Å². The van der Waals surface area contributed by atoms with E-state index in [1.54, 1.807) is 0 Å². The molecule has 1 aromatic heterocycles. The van der Waals surface area contributed by atoms with Gasteiger partial charge in [0, 0.05) is 19.7 Å². The van der Waals surface area contributed by atoms with Gasteiger partial charge in [-0.05, 0) is 6.42 Å². The van der Waals surface area contributed by atoms with Gasteiger partial charge < -0.3 is 0 Å². The summed E-state index contributed by atoms with van der Waals surface area (Å²) in [7, 11) is 1.46. The van der Waals surface area contributed by atoms with E-state index in [4.69, 9.17) is 0 Å². The summed E-state index contributed by atoms with van der Waals surface area (Å²) in [6.45, 7) is 2.55. The molecule has 0 saturated heterocycles. The second kappa shape index (κ2) is 3.83. The summed E-state index contributed by atoms with van der Waals surface area (Å²) in [6, 6.07) is 1.35. The van der Waals surface area contributed by atoms with Gasteiger partial charge in [0.25, 0.3) is 5.56 Å². The highest BCUT2D eigenvalue weighted by atomic mass is 32.1. The zero-order valence-corrected chi connectivity index (χ0v) is 8.54. The predicted molar refractivity (Wildman–Crippen MR) is 53.5 cm³/mol. The monoisotopic (exact) mass is 200 g/mol. The van der Waals surface area contributed by atoms with Gasteiger partial charge in [-0.2, -0.15) is 0 Å². The minimum absolute atomic E-state index is 0.306. The molecule has 72 valence electrons. The molecule has 0 saturated carbocycles. The fourth-order valence-electron chi connectivity index (χ4n) is 1.09. The first-order valence-corrected chi connectivity index (χ1v) is 4.52. The van der Waals surface area contributed by atoms with Crippen molar-refractivity contribution in [3.05, 3.63) is 26.9 Å². The summed E-state index contributed by atoms with van der Waals surface area (Å²) < 4.78 is 2.56. The van der Waals surface area contributed by atoms with E-state index in [1.165, 1.54) is 17.7 Å². The van der Waals surface area contributed by atoms with Crippen LogP contribution in [0.1, 0.15) is 13.3 Å². The molecule has 5 heteroatoms. The van der Waals surface area contributed by atoms with E-state index in [0.717, 1.165) is 11.0 Å². The van der Waals surface area contributed by atoms with Crippen LogP contribution in [-0.2, 0) is 13.6 Å². The van der Waals surface area contributed by atoms with Crippen molar-refractivity contribution in [2.45, 2.75) is 24.9 Å². The molecular formula is C8H12N2O2S. The maximum atomic E-state index is 11.5. The Balaban J connectivity index is 3.44. The average Bonchev–Trinajstić information content (AvgIpc) is 2.09. The highest BCUT2D eigenvalue weighted by Gasteiger charge is 2.04. The Kier molecular flexibility index (Phi) is 2.98. The topological polar surface area (TPSA) is 44.0 Å². The molecule has 0 unspecified atom stereocenters. The van der Waals surface area contributed by atoms with E-state index in [9.17, 15) is 9.59 Å². The Morgan fingerprint density at radius 1 is 1.46 bits per heavy atom. The van der Waals surface area contributed by atoms with Crippen LogP contribution < -0.4 is 11.2 Å². The molecule has 13 heavy (non-hydrogen) atoms. The Bertz CT molecular complexity index is 419. The van der Waals surface area contributed by atoms with E-state index < -0.39 is 0 Å². The minimum atomic E-state index is -0.317. The van der Waals surface area contributed by atoms with Crippen molar-refractivity contribution in [3.63, 3.8) is 0 Å². The Labute approximate surface area is 81.2 Å². The van der Waals surface area contributed by atoms with Gasteiger partial charge in [0.15, 0.2) is 0 Å². The summed E-state index contributed by atoms with van der Waals surface area (Å²) in [4.78, 5) is 22.6. The van der Waals surface area contributed by atoms with Gasteiger partial charge in [0.2, 0.25) is 0 Å². The summed E-state index contributed by atoms with van der Waals surface area (Å²) in [5, 5.41) is 0.426. The lowest BCUT2D eigenvalue weighted by Crippen LogP contribution is -2.37. The molecule has 4 nitrogen and oxygen atoms in total. The molecule has 0 fully saturated rings. The number of nitrogens with zero attached hydrogens (tertiary/aromatic N) is 2. The number of thiol groups is 1. The van der Waals surface area contributed by atoms with E-state index in [0.29, 0.717) is 11.6 Å². The van der Waals surface area contributed by atoms with Gasteiger partial charge in [-0.1, -0.05) is 6.92 Å². The molecule has 0 amide bonds. The minimum Gasteiger partial charge on any atom is -0.288 e. The molecule has 0 radical (unpaired) electrons. The second-order valence-corrected chi connectivity index (χ2v) is 3.29. The summed E-state index contributed by atoms with van der Waals surface area (Å²) in [5.74, 6) is 0. The lowest BCUT2D eigenvalue weighted by molar-refractivity contribution is 0.546. The van der Waals surface area contributed by atoms with Crippen LogP contribution in [0, 0.1) is 0 Å². The smallest absolute Gasteiger partial charge is 0.288 e. The third-order valence-electron chi connectivity index (χ3n) is 1.82. The van der Waals surface area contributed by atoms with Gasteiger partial charge >= 0.3 is 5.69 Å². The van der Waals surface area contributed by atoms with Crippen LogP contribution in [-0.4, -0.2) is 9.13 Å². The summed E-state index contributed by atoms with van der Waals surface area (Å²) in [6.07, 6.45) is 0.839. The Morgan fingerprint density at radius 3 is 2.62 bits per heavy atom. The van der Waals surface area contributed by atoms with E-state index >= 15 is 0 Å². The van der Waals surface area contributed by atoms with Crippen LogP contribution in [0.3, 0.4) is 0 Å². The van der Waals surface area contributed by atoms with Crippen LogP contribution in [0.25, 0.3) is 0 Å². The van der Waals surface area contributed by atoms with Crippen LogP contribution in [0.2, 0.25) is 0 Å². The van der Waals surface area contributed by atoms with Gasteiger partial charge in [-0.25, -0.2) is 4.79 Å². The maximum absolute atomic E-state index is 11.5. The normalized spacial score (nSPS) is 10.4. The second-order valence-electron chi connectivity index (χ2n) is 2.83. The van der Waals surface area contributed by atoms with Gasteiger partial charge in [-0.3, -0.25) is 13.9 Å². The molecule has 0 spiro atoms. The number of aromatic nitrogens is 2. The van der Waals surface area contributed by atoms with Crippen LogP contribution in [0.5, 0.6) is 0 Å². The molecule has 1 heterocycles. The highest BCUT2D eigenvalue weighted by Crippen LogP contribution is 1.99. The molecule has 0 atom stereocenters. The third-order valence-corrected chi connectivity index (χ3v) is 2.20. The largest absolute Gasteiger partial charge is 0.331 e. The quantitative estimate of drug-likeness (QED) is 0.549. The van der Waals surface area contributed by atoms with Gasteiger partial charge in [0.05, 0.1) is 5.03 Å². The molecule has 0 aliphatic heterocycles. The summed E-state index contributed by atoms with van der Waals surface area (Å²) in [5.41, 5.74) is -0.623. The lowest BCUT2D eigenvalue weighted by atomic mass is 10.4. The first-order valence-electron chi connectivity index (χ1n) is 4.07. The molecule has 0 aliphatic carbocycles. The van der Waals surface area contributed by atoms with Crippen molar-refractivity contribution in [2.75, 3.05) is 0 Å². The molecule has 0 aliphatic rings. The average molecular weight is 200 g/mol. The van der Waals surface area contributed by atoms with Gasteiger partial charge in [0.1, 0.15) is 0 Å². The number of hydrogen-bond donors (Lipinski definition) is 1. The van der Waals surface area contributed by atoms with Crippen molar-refractivity contribution < 1.29 is 0 Å². The lowest BCUT2D eigenvalue weighted by Gasteiger charge is -2.08. The van der Waals surface area contributed by atoms with Crippen molar-refractivity contribution >= 4 is 12.6 Å². The van der Waals surface area contributed by atoms with Crippen molar-refractivity contribution in [3.8, 4) is 0 Å². The van der Waals surface area contributed by atoms with E-state index in [-0.39, 0.29) is 11.2 Å². The molecule has 1 aromatic rings. The molecule has 0 bridgehead atoms. The van der Waals surface area contributed by atoms with Crippen molar-refractivity contribution in [2.24, 2.45) is 7.05 Å². The third kappa shape index (κ3) is 1.85. The van der Waals surface area contributed by atoms with Crippen LogP contribution >= 0.6 is 12.6 Å². The SMILES string of the molecule is CCCn1c(S)cc(=O)n(C)c1=O. The van der Waals surface area contributed by atoms with Crippen LogP contribution in [0.4, 0.5) is 0 Å². The maximum Gasteiger partial charge on any atom is 0.331 e. The molecule has 1 rings (SSSR count). The highest BCUT2D eigenvalue weighted by molar-refractivity contribution is 7.80. The molecule has 0 aromatic carbocycles. The zero-order chi connectivity index (χ0) is 10.0. The predicted octanol–water partition coefficient (Wildman–Crippen LogP) is 0.246. The fraction of sp³-hybridized carbons (Fsp3) is 0.500. The van der Waals surface area contributed by atoms with E-state index in [1.807, 2.05) is 6.92 Å². The first kappa shape index (κ1) is 10.1. The molecule has 0 N–H and O–H groups in total. The zero-order valence-electron chi connectivity index (χ0n) is 7.65. The van der Waals surface area contributed by atoms with Crippen molar-refractivity contribution in [1.29, 1.82) is 0 Å². The molecular weight excluding hydrogens is 188 g/mol. The standard InChI is InChI=1S/C8H12N2O2S/c1-3-4-10-7(13)5-6(11)9(2)8(10)12/h5,13H,3-4H2,1-2H3.